The zero-order valence-corrected chi connectivity index (χ0v) is 11.7. The Morgan fingerprint density at radius 3 is 2.78 bits per heavy atom. The van der Waals surface area contributed by atoms with Crippen LogP contribution in [-0.4, -0.2) is 32.7 Å². The minimum absolute atomic E-state index is 0.00573. The molecular formula is C13H19ClN2O2. The maximum Gasteiger partial charge on any atom is 0.253 e. The number of hydrogen-bond acceptors (Lipinski definition) is 3. The van der Waals surface area contributed by atoms with Gasteiger partial charge in [0.2, 0.25) is 0 Å². The van der Waals surface area contributed by atoms with Crippen LogP contribution < -0.4 is 10.6 Å². The molecule has 0 fully saturated rings. The summed E-state index contributed by atoms with van der Waals surface area (Å²) in [4.78, 5) is 12.2. The molecule has 0 saturated heterocycles. The van der Waals surface area contributed by atoms with E-state index in [9.17, 15) is 4.79 Å². The molecule has 100 valence electrons. The van der Waals surface area contributed by atoms with Crippen molar-refractivity contribution in [1.82, 2.24) is 5.32 Å². The molecule has 0 aliphatic rings. The molecule has 2 N–H and O–H groups in total. The van der Waals surface area contributed by atoms with Gasteiger partial charge < -0.3 is 15.4 Å². The summed E-state index contributed by atoms with van der Waals surface area (Å²) in [5.74, 6) is -0.147. The molecule has 4 nitrogen and oxygen atoms in total. The van der Waals surface area contributed by atoms with E-state index in [0.717, 1.165) is 12.1 Å². The van der Waals surface area contributed by atoms with Gasteiger partial charge in [-0.1, -0.05) is 18.5 Å². The number of benzene rings is 1. The van der Waals surface area contributed by atoms with E-state index in [-0.39, 0.29) is 11.9 Å². The highest BCUT2D eigenvalue weighted by molar-refractivity contribution is 6.31. The van der Waals surface area contributed by atoms with E-state index in [1.165, 1.54) is 0 Å². The van der Waals surface area contributed by atoms with Crippen molar-refractivity contribution in [3.63, 3.8) is 0 Å². The topological polar surface area (TPSA) is 50.4 Å². The van der Waals surface area contributed by atoms with Gasteiger partial charge in [-0.15, -0.1) is 0 Å². The van der Waals surface area contributed by atoms with Crippen LogP contribution in [0.5, 0.6) is 0 Å². The summed E-state index contributed by atoms with van der Waals surface area (Å²) in [6.45, 7) is 2.50. The van der Waals surface area contributed by atoms with Crippen molar-refractivity contribution >= 4 is 23.2 Å². The van der Waals surface area contributed by atoms with Gasteiger partial charge in [0.1, 0.15) is 0 Å². The number of ether oxygens (including phenoxy) is 1. The molecule has 0 aromatic heterocycles. The summed E-state index contributed by atoms with van der Waals surface area (Å²) in [5.41, 5.74) is 1.30. The maximum atomic E-state index is 12.2. The summed E-state index contributed by atoms with van der Waals surface area (Å²) in [6.07, 6.45) is 0.815. The molecule has 1 aromatic carbocycles. The van der Waals surface area contributed by atoms with Crippen molar-refractivity contribution in [2.45, 2.75) is 19.4 Å². The minimum atomic E-state index is -0.147. The van der Waals surface area contributed by atoms with Gasteiger partial charge in [0, 0.05) is 24.9 Å². The number of rotatable bonds is 6. The zero-order chi connectivity index (χ0) is 13.5. The lowest BCUT2D eigenvalue weighted by Crippen LogP contribution is -2.37. The van der Waals surface area contributed by atoms with E-state index in [4.69, 9.17) is 16.3 Å². The Morgan fingerprint density at radius 1 is 1.50 bits per heavy atom. The standard InChI is InChI=1S/C13H19ClN2O2/c1-4-10(8-18-3)16-13(17)11-7-9(14)5-6-12(11)15-2/h5-7,10,15H,4,8H2,1-3H3,(H,16,17). The van der Waals surface area contributed by atoms with Gasteiger partial charge in [0.05, 0.1) is 18.2 Å². The number of amides is 1. The first-order valence-corrected chi connectivity index (χ1v) is 6.27. The fraction of sp³-hybridized carbons (Fsp3) is 0.462. The lowest BCUT2D eigenvalue weighted by molar-refractivity contribution is 0.0895. The van der Waals surface area contributed by atoms with Gasteiger partial charge in [0.15, 0.2) is 0 Å². The molecule has 0 heterocycles. The first-order valence-electron chi connectivity index (χ1n) is 5.89. The fourth-order valence-corrected chi connectivity index (χ4v) is 1.82. The van der Waals surface area contributed by atoms with E-state index in [0.29, 0.717) is 17.2 Å². The molecule has 1 rings (SSSR count). The average Bonchev–Trinajstić information content (AvgIpc) is 2.38. The quantitative estimate of drug-likeness (QED) is 0.835. The molecule has 0 saturated carbocycles. The highest BCUT2D eigenvalue weighted by Gasteiger charge is 2.15. The third-order valence-corrected chi connectivity index (χ3v) is 2.93. The SMILES string of the molecule is CCC(COC)NC(=O)c1cc(Cl)ccc1NC. The second-order valence-corrected chi connectivity index (χ2v) is 4.41. The van der Waals surface area contributed by atoms with Gasteiger partial charge in [-0.05, 0) is 24.6 Å². The van der Waals surface area contributed by atoms with Crippen LogP contribution >= 0.6 is 11.6 Å². The summed E-state index contributed by atoms with van der Waals surface area (Å²) >= 11 is 5.92. The van der Waals surface area contributed by atoms with Gasteiger partial charge in [-0.25, -0.2) is 0 Å². The summed E-state index contributed by atoms with van der Waals surface area (Å²) in [6, 6.07) is 5.19. The Hall–Kier alpha value is -1.26. The van der Waals surface area contributed by atoms with Crippen LogP contribution in [0, 0.1) is 0 Å². The predicted molar refractivity (Wildman–Crippen MR) is 74.4 cm³/mol. The molecule has 0 radical (unpaired) electrons. The second kappa shape index (κ2) is 7.24. The molecule has 1 atom stereocenters. The molecule has 0 aliphatic carbocycles. The molecule has 0 aliphatic heterocycles. The summed E-state index contributed by atoms with van der Waals surface area (Å²) in [7, 11) is 3.39. The minimum Gasteiger partial charge on any atom is -0.387 e. The molecule has 1 amide bonds. The van der Waals surface area contributed by atoms with Crippen molar-refractivity contribution in [2.24, 2.45) is 0 Å². The molecule has 18 heavy (non-hydrogen) atoms. The predicted octanol–water partition coefficient (Wildman–Crippen LogP) is 2.54. The lowest BCUT2D eigenvalue weighted by Gasteiger charge is -2.17. The number of carbonyl (C=O) groups excluding carboxylic acids is 1. The van der Waals surface area contributed by atoms with Crippen LogP contribution in [0.15, 0.2) is 18.2 Å². The molecule has 0 bridgehead atoms. The number of anilines is 1. The van der Waals surface area contributed by atoms with Crippen LogP contribution in [0.25, 0.3) is 0 Å². The van der Waals surface area contributed by atoms with Crippen LogP contribution in [0.1, 0.15) is 23.7 Å². The van der Waals surface area contributed by atoms with Crippen LogP contribution in [0.3, 0.4) is 0 Å². The van der Waals surface area contributed by atoms with Crippen molar-refractivity contribution in [2.75, 3.05) is 26.1 Å². The lowest BCUT2D eigenvalue weighted by atomic mass is 10.1. The number of hydrogen-bond donors (Lipinski definition) is 2. The third-order valence-electron chi connectivity index (χ3n) is 2.69. The number of nitrogens with one attached hydrogen (secondary N) is 2. The first-order chi connectivity index (χ1) is 8.62. The normalized spacial score (nSPS) is 12.0. The van der Waals surface area contributed by atoms with E-state index < -0.39 is 0 Å². The van der Waals surface area contributed by atoms with Crippen LogP contribution in [0.4, 0.5) is 5.69 Å². The highest BCUT2D eigenvalue weighted by atomic mass is 35.5. The Balaban J connectivity index is 2.85. The van der Waals surface area contributed by atoms with Crippen LogP contribution in [-0.2, 0) is 4.74 Å². The molecule has 1 unspecified atom stereocenters. The monoisotopic (exact) mass is 270 g/mol. The van der Waals surface area contributed by atoms with Gasteiger partial charge in [-0.3, -0.25) is 4.79 Å². The smallest absolute Gasteiger partial charge is 0.253 e. The Bertz CT molecular complexity index is 410. The molecule has 5 heteroatoms. The van der Waals surface area contributed by atoms with Gasteiger partial charge in [0.25, 0.3) is 5.91 Å². The van der Waals surface area contributed by atoms with E-state index >= 15 is 0 Å². The Kier molecular flexibility index (Phi) is 5.95. The Labute approximate surface area is 113 Å². The number of methoxy groups -OCH3 is 1. The summed E-state index contributed by atoms with van der Waals surface area (Å²) < 4.78 is 5.06. The summed E-state index contributed by atoms with van der Waals surface area (Å²) in [5, 5.41) is 6.44. The largest absolute Gasteiger partial charge is 0.387 e. The first kappa shape index (κ1) is 14.8. The van der Waals surface area contributed by atoms with E-state index in [2.05, 4.69) is 10.6 Å². The molecular weight excluding hydrogens is 252 g/mol. The van der Waals surface area contributed by atoms with Gasteiger partial charge in [-0.2, -0.15) is 0 Å². The number of carbonyl (C=O) groups is 1. The molecule has 0 spiro atoms. The van der Waals surface area contributed by atoms with E-state index in [1.54, 1.807) is 32.4 Å². The second-order valence-electron chi connectivity index (χ2n) is 3.97. The molecule has 1 aromatic rings. The van der Waals surface area contributed by atoms with Gasteiger partial charge >= 0.3 is 0 Å². The number of halogens is 1. The van der Waals surface area contributed by atoms with Crippen molar-refractivity contribution < 1.29 is 9.53 Å². The van der Waals surface area contributed by atoms with E-state index in [1.807, 2.05) is 6.92 Å². The maximum absolute atomic E-state index is 12.2. The Morgan fingerprint density at radius 2 is 2.22 bits per heavy atom. The van der Waals surface area contributed by atoms with Crippen molar-refractivity contribution in [3.05, 3.63) is 28.8 Å². The average molecular weight is 271 g/mol. The highest BCUT2D eigenvalue weighted by Crippen LogP contribution is 2.20. The van der Waals surface area contributed by atoms with Crippen molar-refractivity contribution in [1.29, 1.82) is 0 Å². The van der Waals surface area contributed by atoms with Crippen molar-refractivity contribution in [3.8, 4) is 0 Å². The fourth-order valence-electron chi connectivity index (χ4n) is 1.65. The third kappa shape index (κ3) is 3.89. The van der Waals surface area contributed by atoms with Crippen LogP contribution in [0.2, 0.25) is 5.02 Å². The zero-order valence-electron chi connectivity index (χ0n) is 10.9.